The van der Waals surface area contributed by atoms with Gasteiger partial charge in [0.15, 0.2) is 0 Å². The molecular weight excluding hydrogens is 462 g/mol. The molecule has 0 saturated carbocycles. The van der Waals surface area contributed by atoms with Crippen LogP contribution in [0.3, 0.4) is 0 Å². The highest BCUT2D eigenvalue weighted by Crippen LogP contribution is 2.41. The fourth-order valence-electron chi connectivity index (χ4n) is 5.07. The number of imide groups is 1. The minimum absolute atomic E-state index is 0.207. The van der Waals surface area contributed by atoms with Crippen molar-refractivity contribution in [3.63, 3.8) is 0 Å². The maximum atomic E-state index is 13.2. The van der Waals surface area contributed by atoms with Gasteiger partial charge in [0, 0.05) is 31.5 Å². The number of nitrogens with one attached hydrogen (secondary N) is 2. The molecule has 2 heterocycles. The lowest BCUT2D eigenvalue weighted by Gasteiger charge is -2.29. The second-order valence-electron chi connectivity index (χ2n) is 9.33. The van der Waals surface area contributed by atoms with E-state index >= 15 is 0 Å². The average molecular weight is 492 g/mol. The van der Waals surface area contributed by atoms with Crippen molar-refractivity contribution in [1.29, 1.82) is 0 Å². The average Bonchev–Trinajstić information content (AvgIpc) is 3.37. The van der Waals surface area contributed by atoms with E-state index in [1.54, 1.807) is 0 Å². The van der Waals surface area contributed by atoms with Crippen molar-refractivity contribution in [2.45, 2.75) is 18.4 Å². The summed E-state index contributed by atoms with van der Waals surface area (Å²) in [6.45, 7) is 2.40. The van der Waals surface area contributed by atoms with Gasteiger partial charge in [0.05, 0.1) is 19.8 Å². The van der Waals surface area contributed by atoms with Gasteiger partial charge in [-0.3, -0.25) is 19.3 Å². The molecule has 1 spiro atoms. The molecule has 1 atom stereocenters. The van der Waals surface area contributed by atoms with Gasteiger partial charge in [-0.1, -0.05) is 24.3 Å². The number of urea groups is 1. The standard InChI is InChI=1S/C26H29N5O5/c1-29(16-22(32)27-19-6-8-20(9-7-19)30-12-14-36-15-13-30)23(33)17-31-24(34)26(28-25(31)35)11-10-18-4-2-3-5-21(18)26/h2-9H,10-17H2,1H3,(H,27,32)(H,28,35). The first-order chi connectivity index (χ1) is 17.4. The number of carbonyl (C=O) groups is 4. The van der Waals surface area contributed by atoms with Crippen LogP contribution in [0.25, 0.3) is 0 Å². The summed E-state index contributed by atoms with van der Waals surface area (Å²) in [5, 5.41) is 5.59. The zero-order valence-corrected chi connectivity index (χ0v) is 20.2. The molecule has 2 aromatic carbocycles. The highest BCUT2D eigenvalue weighted by Gasteiger charge is 2.55. The van der Waals surface area contributed by atoms with Crippen LogP contribution in [0.5, 0.6) is 0 Å². The molecule has 0 aromatic heterocycles. The first-order valence-corrected chi connectivity index (χ1v) is 12.1. The van der Waals surface area contributed by atoms with Crippen LogP contribution in [0.4, 0.5) is 16.2 Å². The highest BCUT2D eigenvalue weighted by molar-refractivity contribution is 6.10. The zero-order valence-electron chi connectivity index (χ0n) is 20.2. The summed E-state index contributed by atoms with van der Waals surface area (Å²) in [7, 11) is 1.47. The van der Waals surface area contributed by atoms with Crippen LogP contribution >= 0.6 is 0 Å². The van der Waals surface area contributed by atoms with Crippen LogP contribution < -0.4 is 15.5 Å². The van der Waals surface area contributed by atoms with Crippen LogP contribution in [0, 0.1) is 0 Å². The number of hydrogen-bond donors (Lipinski definition) is 2. The van der Waals surface area contributed by atoms with E-state index < -0.39 is 29.9 Å². The molecule has 1 unspecified atom stereocenters. The van der Waals surface area contributed by atoms with Crippen LogP contribution in [0.1, 0.15) is 17.5 Å². The van der Waals surface area contributed by atoms with Crippen LogP contribution in [0.15, 0.2) is 48.5 Å². The molecule has 2 N–H and O–H groups in total. The topological polar surface area (TPSA) is 111 Å². The Hall–Kier alpha value is -3.92. The second kappa shape index (κ2) is 9.62. The Morgan fingerprint density at radius 2 is 1.81 bits per heavy atom. The molecule has 2 saturated heterocycles. The van der Waals surface area contributed by atoms with Crippen molar-refractivity contribution in [3.8, 4) is 0 Å². The van der Waals surface area contributed by atoms with E-state index in [-0.39, 0.29) is 12.5 Å². The lowest BCUT2D eigenvalue weighted by atomic mass is 9.92. The summed E-state index contributed by atoms with van der Waals surface area (Å²) in [6, 6.07) is 14.4. The molecule has 0 bridgehead atoms. The van der Waals surface area contributed by atoms with Crippen molar-refractivity contribution in [2.75, 3.05) is 56.7 Å². The number of hydrogen-bond acceptors (Lipinski definition) is 6. The number of nitrogens with zero attached hydrogens (tertiary/aromatic N) is 3. The quantitative estimate of drug-likeness (QED) is 0.590. The summed E-state index contributed by atoms with van der Waals surface area (Å²) in [5.74, 6) is -1.30. The molecule has 10 nitrogen and oxygen atoms in total. The van der Waals surface area contributed by atoms with Gasteiger partial charge in [-0.25, -0.2) is 4.79 Å². The second-order valence-corrected chi connectivity index (χ2v) is 9.33. The largest absolute Gasteiger partial charge is 0.378 e. The monoisotopic (exact) mass is 491 g/mol. The van der Waals surface area contributed by atoms with Gasteiger partial charge in [0.1, 0.15) is 12.1 Å². The molecule has 5 rings (SSSR count). The van der Waals surface area contributed by atoms with E-state index in [0.29, 0.717) is 31.7 Å². The van der Waals surface area contributed by atoms with E-state index in [1.165, 1.54) is 11.9 Å². The minimum atomic E-state index is -1.11. The fourth-order valence-corrected chi connectivity index (χ4v) is 5.07. The van der Waals surface area contributed by atoms with Crippen molar-refractivity contribution in [2.24, 2.45) is 0 Å². The minimum Gasteiger partial charge on any atom is -0.378 e. The number of ether oxygens (including phenoxy) is 1. The Morgan fingerprint density at radius 3 is 2.56 bits per heavy atom. The number of aryl methyl sites for hydroxylation is 1. The molecule has 10 heteroatoms. The van der Waals surface area contributed by atoms with Crippen LogP contribution in [0.2, 0.25) is 0 Å². The number of amides is 5. The van der Waals surface area contributed by atoms with Crippen molar-refractivity contribution in [1.82, 2.24) is 15.1 Å². The predicted molar refractivity (Wildman–Crippen MR) is 132 cm³/mol. The van der Waals surface area contributed by atoms with E-state index in [0.717, 1.165) is 34.8 Å². The number of carbonyl (C=O) groups excluding carboxylic acids is 4. The van der Waals surface area contributed by atoms with Gasteiger partial charge in [-0.15, -0.1) is 0 Å². The van der Waals surface area contributed by atoms with Crippen molar-refractivity contribution >= 4 is 35.1 Å². The summed E-state index contributed by atoms with van der Waals surface area (Å²) in [5.41, 5.74) is 2.36. The van der Waals surface area contributed by atoms with Gasteiger partial charge in [0.2, 0.25) is 11.8 Å². The molecule has 36 heavy (non-hydrogen) atoms. The summed E-state index contributed by atoms with van der Waals surface area (Å²) < 4.78 is 5.37. The summed E-state index contributed by atoms with van der Waals surface area (Å²) in [6.07, 6.45) is 1.14. The lowest BCUT2D eigenvalue weighted by Crippen LogP contribution is -2.45. The highest BCUT2D eigenvalue weighted by atomic mass is 16.5. The fraction of sp³-hybridized carbons (Fsp3) is 0.385. The van der Waals surface area contributed by atoms with Gasteiger partial charge in [-0.05, 0) is 48.2 Å². The molecule has 0 radical (unpaired) electrons. The number of likely N-dealkylation sites (N-methyl/N-ethyl adjacent to an activating group) is 1. The molecule has 5 amide bonds. The van der Waals surface area contributed by atoms with E-state index in [1.807, 2.05) is 48.5 Å². The number of fused-ring (bicyclic) bond motifs is 2. The third-order valence-corrected chi connectivity index (χ3v) is 7.05. The molecular formula is C26H29N5O5. The number of benzene rings is 2. The van der Waals surface area contributed by atoms with Gasteiger partial charge in [-0.2, -0.15) is 0 Å². The van der Waals surface area contributed by atoms with Gasteiger partial charge < -0.3 is 25.2 Å². The van der Waals surface area contributed by atoms with E-state index in [2.05, 4.69) is 15.5 Å². The predicted octanol–water partition coefficient (Wildman–Crippen LogP) is 1.31. The summed E-state index contributed by atoms with van der Waals surface area (Å²) in [4.78, 5) is 55.6. The van der Waals surface area contributed by atoms with Crippen LogP contribution in [-0.4, -0.2) is 80.0 Å². The molecule has 2 aliphatic heterocycles. The summed E-state index contributed by atoms with van der Waals surface area (Å²) >= 11 is 0. The number of morpholine rings is 1. The van der Waals surface area contributed by atoms with Crippen molar-refractivity contribution < 1.29 is 23.9 Å². The zero-order chi connectivity index (χ0) is 25.3. The SMILES string of the molecule is CN(CC(=O)Nc1ccc(N2CCOCC2)cc1)C(=O)CN1C(=O)NC2(CCc3ccccc32)C1=O. The Morgan fingerprint density at radius 1 is 1.08 bits per heavy atom. The van der Waals surface area contributed by atoms with Gasteiger partial charge >= 0.3 is 6.03 Å². The number of rotatable bonds is 6. The first kappa shape index (κ1) is 23.8. The Bertz CT molecular complexity index is 1190. The lowest BCUT2D eigenvalue weighted by molar-refractivity contribution is -0.139. The Kier molecular flexibility index (Phi) is 6.36. The van der Waals surface area contributed by atoms with Crippen LogP contribution in [-0.2, 0) is 31.1 Å². The van der Waals surface area contributed by atoms with E-state index in [4.69, 9.17) is 4.74 Å². The first-order valence-electron chi connectivity index (χ1n) is 12.1. The Balaban J connectivity index is 1.16. The third kappa shape index (κ3) is 4.39. The smallest absolute Gasteiger partial charge is 0.325 e. The number of anilines is 2. The normalized spacial score (nSPS) is 20.9. The molecule has 2 fully saturated rings. The third-order valence-electron chi connectivity index (χ3n) is 7.05. The molecule has 2 aromatic rings. The molecule has 1 aliphatic carbocycles. The maximum Gasteiger partial charge on any atom is 0.325 e. The van der Waals surface area contributed by atoms with Gasteiger partial charge in [0.25, 0.3) is 5.91 Å². The Labute approximate surface area is 209 Å². The molecule has 3 aliphatic rings. The molecule has 188 valence electrons. The maximum absolute atomic E-state index is 13.2. The van der Waals surface area contributed by atoms with E-state index in [9.17, 15) is 19.2 Å². The van der Waals surface area contributed by atoms with Crippen molar-refractivity contribution in [3.05, 3.63) is 59.7 Å².